The molecule has 0 aliphatic carbocycles. The van der Waals surface area contributed by atoms with Gasteiger partial charge in [-0.05, 0) is 24.3 Å². The van der Waals surface area contributed by atoms with Crippen molar-refractivity contribution in [3.63, 3.8) is 0 Å². The summed E-state index contributed by atoms with van der Waals surface area (Å²) in [6.07, 6.45) is 0.0201. The van der Waals surface area contributed by atoms with Crippen LogP contribution in [0.4, 0.5) is 10.5 Å². The number of carbonyl (C=O) groups excluding carboxylic acids is 2. The minimum absolute atomic E-state index is 0.0201. The van der Waals surface area contributed by atoms with Gasteiger partial charge in [-0.2, -0.15) is 0 Å². The number of nitrogens with zero attached hydrogens (tertiary/aromatic N) is 1. The number of hydrogen-bond donors (Lipinski definition) is 3. The average Bonchev–Trinajstić information content (AvgIpc) is 2.83. The smallest absolute Gasteiger partial charge is 0.319 e. The number of likely N-dealkylation sites (tertiary alicyclic amines) is 1. The van der Waals surface area contributed by atoms with Gasteiger partial charge in [0.1, 0.15) is 0 Å². The van der Waals surface area contributed by atoms with E-state index >= 15 is 0 Å². The fourth-order valence-electron chi connectivity index (χ4n) is 2.17. The lowest BCUT2D eigenvalue weighted by Crippen LogP contribution is -2.37. The Hall–Kier alpha value is -2.28. The highest BCUT2D eigenvalue weighted by Crippen LogP contribution is 2.17. The van der Waals surface area contributed by atoms with E-state index in [0.717, 1.165) is 0 Å². The summed E-state index contributed by atoms with van der Waals surface area (Å²) in [5, 5.41) is 14.7. The van der Waals surface area contributed by atoms with Gasteiger partial charge in [-0.25, -0.2) is 4.79 Å². The number of halogens is 1. The van der Waals surface area contributed by atoms with Crippen LogP contribution in [0.2, 0.25) is 5.02 Å². The zero-order chi connectivity index (χ0) is 16.1. The molecule has 0 aromatic heterocycles. The van der Waals surface area contributed by atoms with E-state index in [1.165, 1.54) is 4.90 Å². The number of benzene rings is 1. The van der Waals surface area contributed by atoms with Crippen LogP contribution in [-0.2, 0) is 9.59 Å². The summed E-state index contributed by atoms with van der Waals surface area (Å²) in [6.45, 7) is 0.725. The molecule has 3 N–H and O–H groups in total. The number of carboxylic acid groups (broad SMARTS) is 1. The molecule has 8 heteroatoms. The van der Waals surface area contributed by atoms with Crippen molar-refractivity contribution in [2.45, 2.75) is 6.42 Å². The molecule has 1 aliphatic rings. The van der Waals surface area contributed by atoms with Crippen molar-refractivity contribution in [2.75, 3.05) is 25.0 Å². The van der Waals surface area contributed by atoms with Crippen molar-refractivity contribution in [3.8, 4) is 0 Å². The second kappa shape index (κ2) is 7.13. The van der Waals surface area contributed by atoms with Crippen molar-refractivity contribution in [1.82, 2.24) is 10.2 Å². The summed E-state index contributed by atoms with van der Waals surface area (Å²) >= 11 is 5.74. The number of nitrogens with one attached hydrogen (secondary N) is 2. The molecular weight excluding hydrogens is 310 g/mol. The van der Waals surface area contributed by atoms with Crippen LogP contribution in [0.5, 0.6) is 0 Å². The number of rotatable bonds is 5. The van der Waals surface area contributed by atoms with E-state index in [2.05, 4.69) is 10.6 Å². The van der Waals surface area contributed by atoms with E-state index in [1.54, 1.807) is 24.3 Å². The number of carbonyl (C=O) groups is 3. The van der Waals surface area contributed by atoms with Crippen molar-refractivity contribution >= 4 is 35.2 Å². The van der Waals surface area contributed by atoms with Gasteiger partial charge in [0.25, 0.3) is 0 Å². The van der Waals surface area contributed by atoms with Crippen LogP contribution in [0.1, 0.15) is 6.42 Å². The maximum absolute atomic E-state index is 11.7. The molecule has 7 nitrogen and oxygen atoms in total. The van der Waals surface area contributed by atoms with Crippen LogP contribution in [0.3, 0.4) is 0 Å². The lowest BCUT2D eigenvalue weighted by atomic mass is 10.1. The molecule has 0 saturated carbocycles. The first-order chi connectivity index (χ1) is 10.5. The van der Waals surface area contributed by atoms with Crippen molar-refractivity contribution in [2.24, 2.45) is 5.92 Å². The molecule has 1 heterocycles. The van der Waals surface area contributed by atoms with Crippen LogP contribution in [0.15, 0.2) is 24.3 Å². The summed E-state index contributed by atoms with van der Waals surface area (Å²) in [5.41, 5.74) is 0.602. The van der Waals surface area contributed by atoms with E-state index in [9.17, 15) is 14.4 Å². The van der Waals surface area contributed by atoms with E-state index in [-0.39, 0.29) is 32.0 Å². The Morgan fingerprint density at radius 3 is 2.59 bits per heavy atom. The van der Waals surface area contributed by atoms with Crippen molar-refractivity contribution in [1.29, 1.82) is 0 Å². The summed E-state index contributed by atoms with van der Waals surface area (Å²) in [5.74, 6) is -1.83. The quantitative estimate of drug-likeness (QED) is 0.762. The van der Waals surface area contributed by atoms with Gasteiger partial charge in [0.05, 0.1) is 5.92 Å². The second-order valence-electron chi connectivity index (χ2n) is 4.97. The first kappa shape index (κ1) is 16.1. The topological polar surface area (TPSA) is 98.7 Å². The molecule has 1 unspecified atom stereocenters. The Morgan fingerprint density at radius 2 is 2.00 bits per heavy atom. The van der Waals surface area contributed by atoms with Crippen molar-refractivity contribution < 1.29 is 19.5 Å². The maximum Gasteiger partial charge on any atom is 0.319 e. The first-order valence-corrected chi connectivity index (χ1v) is 7.14. The SMILES string of the molecule is O=C(NCCN1CC(C(=O)O)CC1=O)Nc1ccc(Cl)cc1. The summed E-state index contributed by atoms with van der Waals surface area (Å²) in [7, 11) is 0. The molecular formula is C14H16ClN3O4. The van der Waals surface area contributed by atoms with Gasteiger partial charge in [0.15, 0.2) is 0 Å². The normalized spacial score (nSPS) is 17.4. The molecule has 3 amide bonds. The number of amides is 3. The number of anilines is 1. The number of carboxylic acids is 1. The van der Waals surface area contributed by atoms with Gasteiger partial charge in [-0.1, -0.05) is 11.6 Å². The van der Waals surface area contributed by atoms with Gasteiger partial charge in [-0.3, -0.25) is 9.59 Å². The minimum atomic E-state index is -0.968. The Balaban J connectivity index is 1.72. The summed E-state index contributed by atoms with van der Waals surface area (Å²) in [4.78, 5) is 35.6. The molecule has 1 fully saturated rings. The highest BCUT2D eigenvalue weighted by molar-refractivity contribution is 6.30. The van der Waals surface area contributed by atoms with E-state index in [4.69, 9.17) is 16.7 Å². The molecule has 1 atom stereocenters. The zero-order valence-corrected chi connectivity index (χ0v) is 12.5. The standard InChI is InChI=1S/C14H16ClN3O4/c15-10-1-3-11(4-2-10)17-14(22)16-5-6-18-8-9(13(20)21)7-12(18)19/h1-4,9H,5-8H2,(H,20,21)(H2,16,17,22). The van der Waals surface area contributed by atoms with Gasteiger partial charge in [-0.15, -0.1) is 0 Å². The van der Waals surface area contributed by atoms with Crippen molar-refractivity contribution in [3.05, 3.63) is 29.3 Å². The third-order valence-electron chi connectivity index (χ3n) is 3.33. The summed E-state index contributed by atoms with van der Waals surface area (Å²) < 4.78 is 0. The fraction of sp³-hybridized carbons (Fsp3) is 0.357. The highest BCUT2D eigenvalue weighted by atomic mass is 35.5. The fourth-order valence-corrected chi connectivity index (χ4v) is 2.29. The Bertz CT molecular complexity index is 576. The van der Waals surface area contributed by atoms with E-state index in [1.807, 2.05) is 0 Å². The van der Waals surface area contributed by atoms with Crippen LogP contribution >= 0.6 is 11.6 Å². The third kappa shape index (κ3) is 4.36. The third-order valence-corrected chi connectivity index (χ3v) is 3.59. The highest BCUT2D eigenvalue weighted by Gasteiger charge is 2.33. The molecule has 0 spiro atoms. The Morgan fingerprint density at radius 1 is 1.32 bits per heavy atom. The Kier molecular flexibility index (Phi) is 5.21. The van der Waals surface area contributed by atoms with Gasteiger partial charge >= 0.3 is 12.0 Å². The monoisotopic (exact) mass is 325 g/mol. The molecule has 1 aromatic rings. The minimum Gasteiger partial charge on any atom is -0.481 e. The predicted molar refractivity (Wildman–Crippen MR) is 80.8 cm³/mol. The van der Waals surface area contributed by atoms with Gasteiger partial charge in [0, 0.05) is 36.8 Å². The molecule has 0 bridgehead atoms. The molecule has 118 valence electrons. The molecule has 2 rings (SSSR count). The molecule has 22 heavy (non-hydrogen) atoms. The van der Waals surface area contributed by atoms with Gasteiger partial charge < -0.3 is 20.6 Å². The van der Waals surface area contributed by atoms with Crippen LogP contribution in [-0.4, -0.2) is 47.5 Å². The van der Waals surface area contributed by atoms with Gasteiger partial charge in [0.2, 0.25) is 5.91 Å². The molecule has 0 radical (unpaired) electrons. The number of aliphatic carboxylic acids is 1. The lowest BCUT2D eigenvalue weighted by molar-refractivity contribution is -0.141. The largest absolute Gasteiger partial charge is 0.481 e. The van der Waals surface area contributed by atoms with Crippen LogP contribution < -0.4 is 10.6 Å². The van der Waals surface area contributed by atoms with E-state index in [0.29, 0.717) is 10.7 Å². The van der Waals surface area contributed by atoms with Crippen LogP contribution in [0.25, 0.3) is 0 Å². The second-order valence-corrected chi connectivity index (χ2v) is 5.40. The van der Waals surface area contributed by atoms with E-state index < -0.39 is 17.9 Å². The first-order valence-electron chi connectivity index (χ1n) is 6.76. The Labute approximate surface area is 132 Å². The number of hydrogen-bond acceptors (Lipinski definition) is 3. The average molecular weight is 326 g/mol. The lowest BCUT2D eigenvalue weighted by Gasteiger charge is -2.16. The predicted octanol–water partition coefficient (Wildman–Crippen LogP) is 1.39. The summed E-state index contributed by atoms with van der Waals surface area (Å²) in [6, 6.07) is 6.26. The number of urea groups is 1. The molecule has 1 aliphatic heterocycles. The van der Waals surface area contributed by atoms with Crippen LogP contribution in [0, 0.1) is 5.92 Å². The molecule has 1 aromatic carbocycles. The maximum atomic E-state index is 11.7. The zero-order valence-electron chi connectivity index (χ0n) is 11.7. The molecule has 1 saturated heterocycles.